The van der Waals surface area contributed by atoms with E-state index in [9.17, 15) is 23.2 Å². The topological polar surface area (TPSA) is 88.1 Å². The normalized spacial score (nSPS) is 13.0. The highest BCUT2D eigenvalue weighted by molar-refractivity contribution is 5.92. The van der Waals surface area contributed by atoms with Crippen LogP contribution >= 0.6 is 0 Å². The lowest BCUT2D eigenvalue weighted by atomic mass is 9.99. The Balaban J connectivity index is 1.27. The molecule has 7 nitrogen and oxygen atoms in total. The fraction of sp³-hybridized carbons (Fsp3) is 0.121. The molecule has 0 radical (unpaired) electrons. The van der Waals surface area contributed by atoms with Gasteiger partial charge in [-0.2, -0.15) is 0 Å². The number of carbonyl (C=O) groups excluding carboxylic acids is 3. The summed E-state index contributed by atoms with van der Waals surface area (Å²) in [5.74, 6) is -3.50. The molecule has 0 saturated carbocycles. The Hall–Kier alpha value is -5.31. The van der Waals surface area contributed by atoms with Gasteiger partial charge >= 0.3 is 17.9 Å². The average molecular weight is 571 g/mol. The van der Waals surface area contributed by atoms with E-state index >= 15 is 0 Å². The fourth-order valence-electron chi connectivity index (χ4n) is 4.56. The molecule has 9 heteroatoms. The molecule has 0 heterocycles. The summed E-state index contributed by atoms with van der Waals surface area (Å²) >= 11 is 0. The third-order valence-electron chi connectivity index (χ3n) is 6.71. The van der Waals surface area contributed by atoms with Crippen LogP contribution in [0.3, 0.4) is 0 Å². The second kappa shape index (κ2) is 11.7. The Kier molecular flexibility index (Phi) is 7.84. The monoisotopic (exact) mass is 570 g/mol. The number of rotatable bonds is 8. The molecule has 0 aromatic heterocycles. The summed E-state index contributed by atoms with van der Waals surface area (Å²) < 4.78 is 49.6. The molecule has 1 aliphatic rings. The molecule has 0 bridgehead atoms. The van der Waals surface area contributed by atoms with E-state index in [0.29, 0.717) is 0 Å². The summed E-state index contributed by atoms with van der Waals surface area (Å²) in [6.45, 7) is 6.44. The summed E-state index contributed by atoms with van der Waals surface area (Å²) in [7, 11) is 0. The number of halogens is 2. The van der Waals surface area contributed by atoms with Crippen molar-refractivity contribution in [3.8, 4) is 28.4 Å². The summed E-state index contributed by atoms with van der Waals surface area (Å²) in [5.41, 5.74) is 3.28. The second-order valence-corrected chi connectivity index (χ2v) is 9.59. The van der Waals surface area contributed by atoms with Crippen LogP contribution in [-0.4, -0.2) is 24.7 Å². The van der Waals surface area contributed by atoms with Crippen LogP contribution in [0.5, 0.6) is 17.2 Å². The zero-order valence-electron chi connectivity index (χ0n) is 22.6. The van der Waals surface area contributed by atoms with Crippen LogP contribution in [0.4, 0.5) is 8.78 Å². The molecule has 5 rings (SSSR count). The van der Waals surface area contributed by atoms with Gasteiger partial charge in [0.1, 0.15) is 28.9 Å². The van der Waals surface area contributed by atoms with Gasteiger partial charge in [-0.1, -0.05) is 37.8 Å². The van der Waals surface area contributed by atoms with Gasteiger partial charge in [0.25, 0.3) is 0 Å². The zero-order chi connectivity index (χ0) is 30.0. The van der Waals surface area contributed by atoms with Gasteiger partial charge in [0.05, 0.1) is 11.1 Å². The van der Waals surface area contributed by atoms with Crippen molar-refractivity contribution < 1.29 is 42.1 Å². The predicted octanol–water partition coefficient (Wildman–Crippen LogP) is 6.99. The van der Waals surface area contributed by atoms with Gasteiger partial charge in [0, 0.05) is 17.6 Å². The van der Waals surface area contributed by atoms with Crippen LogP contribution in [0, 0.1) is 11.6 Å². The molecule has 0 spiro atoms. The number of esters is 3. The van der Waals surface area contributed by atoms with Gasteiger partial charge in [-0.05, 0) is 77.7 Å². The van der Waals surface area contributed by atoms with E-state index in [-0.39, 0.29) is 39.9 Å². The van der Waals surface area contributed by atoms with Crippen molar-refractivity contribution in [2.24, 2.45) is 0 Å². The summed E-state index contributed by atoms with van der Waals surface area (Å²) in [6, 6.07) is 19.4. The third-order valence-corrected chi connectivity index (χ3v) is 6.71. The van der Waals surface area contributed by atoms with Crippen LogP contribution in [-0.2, 0) is 9.53 Å². The molecule has 1 aliphatic carbocycles. The minimum absolute atomic E-state index is 0.0571. The number of fused-ring (bicyclic) bond motifs is 3. The molecule has 212 valence electrons. The van der Waals surface area contributed by atoms with Crippen molar-refractivity contribution in [1.29, 1.82) is 0 Å². The Labute approximate surface area is 239 Å². The van der Waals surface area contributed by atoms with E-state index in [1.54, 1.807) is 36.4 Å². The maximum atomic E-state index is 14.7. The lowest BCUT2D eigenvalue weighted by molar-refractivity contribution is -0.145. The maximum absolute atomic E-state index is 14.7. The van der Waals surface area contributed by atoms with Crippen molar-refractivity contribution in [3.05, 3.63) is 125 Å². The van der Waals surface area contributed by atoms with Crippen LogP contribution in [0.1, 0.15) is 51.6 Å². The number of ether oxygens (including phenoxy) is 4. The van der Waals surface area contributed by atoms with Gasteiger partial charge in [0.15, 0.2) is 0 Å². The first-order chi connectivity index (χ1) is 20.1. The fourth-order valence-corrected chi connectivity index (χ4v) is 4.56. The molecule has 1 atom stereocenters. The zero-order valence-corrected chi connectivity index (χ0v) is 22.6. The Bertz CT molecular complexity index is 1740. The van der Waals surface area contributed by atoms with Crippen molar-refractivity contribution in [1.82, 2.24) is 0 Å². The first kappa shape index (κ1) is 28.2. The number of hydrogen-bond acceptors (Lipinski definition) is 7. The van der Waals surface area contributed by atoms with Crippen molar-refractivity contribution in [2.75, 3.05) is 6.79 Å². The molecule has 0 saturated heterocycles. The smallest absolute Gasteiger partial charge is 0.346 e. The first-order valence-electron chi connectivity index (χ1n) is 12.8. The summed E-state index contributed by atoms with van der Waals surface area (Å²) in [5, 5.41) is 0. The highest BCUT2D eigenvalue weighted by atomic mass is 19.1. The molecule has 4 aromatic rings. The molecule has 4 aromatic carbocycles. The van der Waals surface area contributed by atoms with E-state index in [4.69, 9.17) is 18.9 Å². The highest BCUT2D eigenvalue weighted by Gasteiger charge is 2.27. The summed E-state index contributed by atoms with van der Waals surface area (Å²) in [6.07, 6.45) is 0. The van der Waals surface area contributed by atoms with Gasteiger partial charge in [0.2, 0.25) is 6.79 Å². The van der Waals surface area contributed by atoms with Crippen molar-refractivity contribution >= 4 is 17.9 Å². The van der Waals surface area contributed by atoms with Crippen LogP contribution in [0.25, 0.3) is 11.1 Å². The van der Waals surface area contributed by atoms with Crippen LogP contribution in [0.15, 0.2) is 91.0 Å². The molecule has 1 unspecified atom stereocenters. The molecule has 0 fully saturated rings. The SMILES string of the molecule is C=C(C)C(=O)OCOc1ccc(C(=O)Oc2ccc3c(c2)C(C)c2cc(OC(=O)c4ccccc4F)ccc2-3)c(F)c1. The van der Waals surface area contributed by atoms with E-state index < -0.39 is 36.3 Å². The van der Waals surface area contributed by atoms with Gasteiger partial charge in [-0.15, -0.1) is 0 Å². The number of carbonyl (C=O) groups is 3. The minimum atomic E-state index is -0.904. The van der Waals surface area contributed by atoms with E-state index in [2.05, 4.69) is 6.58 Å². The Morgan fingerprint density at radius 1 is 0.738 bits per heavy atom. The highest BCUT2D eigenvalue weighted by Crippen LogP contribution is 2.47. The van der Waals surface area contributed by atoms with Gasteiger partial charge < -0.3 is 18.9 Å². The van der Waals surface area contributed by atoms with E-state index in [1.165, 1.54) is 37.3 Å². The molecule has 0 aliphatic heterocycles. The molecular formula is C33H24F2O7. The van der Waals surface area contributed by atoms with Crippen molar-refractivity contribution in [3.63, 3.8) is 0 Å². The standard InChI is InChI=1S/C33H24F2O7/c1-18(2)31(36)40-17-39-20-8-13-26(30(35)16-20)33(38)42-22-10-12-24-23-11-9-21(14-27(23)19(3)28(24)15-22)41-32(37)25-6-4-5-7-29(25)34/h4-16,19H,1,17H2,2-3H3. The van der Waals surface area contributed by atoms with Crippen LogP contribution in [0.2, 0.25) is 0 Å². The predicted molar refractivity (Wildman–Crippen MR) is 149 cm³/mol. The molecule has 0 amide bonds. The molecule has 0 N–H and O–H groups in total. The number of benzene rings is 4. The third kappa shape index (κ3) is 5.76. The second-order valence-electron chi connectivity index (χ2n) is 9.59. The minimum Gasteiger partial charge on any atom is -0.457 e. The van der Waals surface area contributed by atoms with Gasteiger partial charge in [-0.25, -0.2) is 23.2 Å². The van der Waals surface area contributed by atoms with Crippen molar-refractivity contribution in [2.45, 2.75) is 19.8 Å². The lowest BCUT2D eigenvalue weighted by Gasteiger charge is -2.11. The largest absolute Gasteiger partial charge is 0.457 e. The Morgan fingerprint density at radius 2 is 1.29 bits per heavy atom. The summed E-state index contributed by atoms with van der Waals surface area (Å²) in [4.78, 5) is 36.6. The quantitative estimate of drug-likeness (QED) is 0.0976. The Morgan fingerprint density at radius 3 is 1.83 bits per heavy atom. The van der Waals surface area contributed by atoms with E-state index in [1.807, 2.05) is 13.0 Å². The first-order valence-corrected chi connectivity index (χ1v) is 12.8. The maximum Gasteiger partial charge on any atom is 0.346 e. The van der Waals surface area contributed by atoms with E-state index in [0.717, 1.165) is 28.3 Å². The lowest BCUT2D eigenvalue weighted by Crippen LogP contribution is -2.12. The number of hydrogen-bond donors (Lipinski definition) is 0. The van der Waals surface area contributed by atoms with Crippen LogP contribution < -0.4 is 14.2 Å². The molecular weight excluding hydrogens is 546 g/mol. The molecule has 42 heavy (non-hydrogen) atoms. The van der Waals surface area contributed by atoms with Gasteiger partial charge in [-0.3, -0.25) is 0 Å². The average Bonchev–Trinajstić information content (AvgIpc) is 3.23.